The molecule has 2 aromatic heterocycles. The van der Waals surface area contributed by atoms with Gasteiger partial charge in [-0.15, -0.1) is 12.4 Å². The van der Waals surface area contributed by atoms with Crippen LogP contribution in [0.15, 0.2) is 18.2 Å². The average Bonchev–Trinajstić information content (AvgIpc) is 2.74. The monoisotopic (exact) mass is 306 g/mol. The number of anilines is 1. The molecule has 0 fully saturated rings. The third kappa shape index (κ3) is 2.36. The Balaban J connectivity index is 0.00000161. The third-order valence-electron chi connectivity index (χ3n) is 3.59. The number of aromatic nitrogens is 3. The Bertz CT molecular complexity index is 795. The molecule has 0 saturated heterocycles. The lowest BCUT2D eigenvalue weighted by atomic mass is 10.0. The maximum Gasteiger partial charge on any atom is 0.152 e. The van der Waals surface area contributed by atoms with Crippen molar-refractivity contribution in [3.05, 3.63) is 29.6 Å². The summed E-state index contributed by atoms with van der Waals surface area (Å²) >= 11 is 0. The van der Waals surface area contributed by atoms with Crippen LogP contribution in [0.5, 0.6) is 0 Å². The maximum absolute atomic E-state index is 6.07. The minimum absolute atomic E-state index is 0. The van der Waals surface area contributed by atoms with E-state index in [-0.39, 0.29) is 12.4 Å². The van der Waals surface area contributed by atoms with Crippen LogP contribution in [0.1, 0.15) is 17.8 Å². The van der Waals surface area contributed by atoms with Crippen LogP contribution in [0.4, 0.5) is 5.82 Å². The summed E-state index contributed by atoms with van der Waals surface area (Å²) in [6.45, 7) is 2.51. The first-order chi connectivity index (χ1) is 9.63. The Morgan fingerprint density at radius 1 is 1.19 bits per heavy atom. The molecule has 7 heteroatoms. The van der Waals surface area contributed by atoms with Crippen LogP contribution in [0.25, 0.3) is 21.9 Å². The summed E-state index contributed by atoms with van der Waals surface area (Å²) in [6.07, 6.45) is 1.79. The Morgan fingerprint density at radius 2 is 1.95 bits per heavy atom. The highest BCUT2D eigenvalue weighted by atomic mass is 35.5. The maximum atomic E-state index is 6.07. The van der Waals surface area contributed by atoms with Crippen molar-refractivity contribution in [3.8, 4) is 0 Å². The summed E-state index contributed by atoms with van der Waals surface area (Å²) in [5.74, 6) is 7.21. The second kappa shape index (κ2) is 5.75. The molecule has 0 saturated carbocycles. The van der Waals surface area contributed by atoms with E-state index >= 15 is 0 Å². The van der Waals surface area contributed by atoms with Gasteiger partial charge < -0.3 is 17.3 Å². The van der Waals surface area contributed by atoms with Crippen LogP contribution in [0.2, 0.25) is 0 Å². The van der Waals surface area contributed by atoms with Crippen molar-refractivity contribution >= 4 is 40.2 Å². The van der Waals surface area contributed by atoms with Crippen molar-refractivity contribution < 1.29 is 0 Å². The minimum atomic E-state index is 0. The van der Waals surface area contributed by atoms with E-state index < -0.39 is 0 Å². The van der Waals surface area contributed by atoms with E-state index in [0.717, 1.165) is 34.8 Å². The van der Waals surface area contributed by atoms with E-state index in [1.165, 1.54) is 0 Å². The molecule has 3 rings (SSSR count). The quantitative estimate of drug-likeness (QED) is 0.635. The summed E-state index contributed by atoms with van der Waals surface area (Å²) in [5, 5.41) is 0.979. The largest absolute Gasteiger partial charge is 0.382 e. The lowest BCUT2D eigenvalue weighted by molar-refractivity contribution is 0.836. The van der Waals surface area contributed by atoms with E-state index in [1.807, 2.05) is 19.1 Å². The van der Waals surface area contributed by atoms with E-state index in [4.69, 9.17) is 17.3 Å². The van der Waals surface area contributed by atoms with Crippen molar-refractivity contribution in [2.24, 2.45) is 5.73 Å². The summed E-state index contributed by atoms with van der Waals surface area (Å²) in [4.78, 5) is 8.90. The lowest BCUT2D eigenvalue weighted by Gasteiger charge is -2.08. The molecule has 1 aromatic carbocycles. The van der Waals surface area contributed by atoms with Gasteiger partial charge in [0.2, 0.25) is 0 Å². The van der Waals surface area contributed by atoms with Gasteiger partial charge in [0.25, 0.3) is 0 Å². The number of rotatable bonds is 3. The van der Waals surface area contributed by atoms with Crippen LogP contribution in [-0.4, -0.2) is 21.2 Å². The second-order valence-electron chi connectivity index (χ2n) is 4.93. The Kier molecular flexibility index (Phi) is 4.20. The molecule has 0 radical (unpaired) electrons. The van der Waals surface area contributed by atoms with Crippen molar-refractivity contribution in [2.75, 3.05) is 18.1 Å². The predicted molar refractivity (Wildman–Crippen MR) is 89.0 cm³/mol. The molecule has 0 atom stereocenters. The number of nitrogens with zero attached hydrogens (tertiary/aromatic N) is 3. The third-order valence-corrected chi connectivity index (χ3v) is 3.59. The number of fused-ring (bicyclic) bond motifs is 3. The number of pyridine rings is 1. The van der Waals surface area contributed by atoms with Crippen molar-refractivity contribution in [1.82, 2.24) is 14.6 Å². The zero-order valence-corrected chi connectivity index (χ0v) is 12.7. The number of benzene rings is 1. The van der Waals surface area contributed by atoms with Gasteiger partial charge in [0, 0.05) is 5.39 Å². The molecule has 3 aromatic rings. The number of nitrogens with two attached hydrogens (primary N) is 3. The number of hydrogen-bond donors (Lipinski definition) is 3. The van der Waals surface area contributed by atoms with Gasteiger partial charge in [-0.2, -0.15) is 0 Å². The van der Waals surface area contributed by atoms with Gasteiger partial charge in [-0.3, -0.25) is 0 Å². The summed E-state index contributed by atoms with van der Waals surface area (Å²) in [7, 11) is 0. The molecule has 0 aliphatic heterocycles. The van der Waals surface area contributed by atoms with Crippen LogP contribution in [0, 0.1) is 6.92 Å². The molecule has 0 aliphatic rings. The Morgan fingerprint density at radius 3 is 2.67 bits per heavy atom. The number of imidazole rings is 1. The van der Waals surface area contributed by atoms with E-state index in [2.05, 4.69) is 16.0 Å². The normalized spacial score (nSPS) is 11.0. The second-order valence-corrected chi connectivity index (χ2v) is 4.93. The fourth-order valence-electron chi connectivity index (χ4n) is 2.56. The van der Waals surface area contributed by atoms with E-state index in [9.17, 15) is 0 Å². The number of aryl methyl sites for hydroxylation is 2. The van der Waals surface area contributed by atoms with E-state index in [0.29, 0.717) is 23.7 Å². The first-order valence-electron chi connectivity index (χ1n) is 6.64. The van der Waals surface area contributed by atoms with Crippen LogP contribution >= 0.6 is 12.4 Å². The van der Waals surface area contributed by atoms with Gasteiger partial charge in [-0.1, -0.05) is 18.2 Å². The van der Waals surface area contributed by atoms with Gasteiger partial charge >= 0.3 is 0 Å². The molecule has 2 heterocycles. The van der Waals surface area contributed by atoms with Crippen LogP contribution in [-0.2, 0) is 6.42 Å². The lowest BCUT2D eigenvalue weighted by Crippen LogP contribution is -2.10. The minimum Gasteiger partial charge on any atom is -0.382 e. The molecule has 0 amide bonds. The predicted octanol–water partition coefficient (Wildman–Crippen LogP) is 1.50. The molecule has 6 nitrogen and oxygen atoms in total. The van der Waals surface area contributed by atoms with Gasteiger partial charge in [0.15, 0.2) is 5.82 Å². The molecule has 0 aliphatic carbocycles. The Labute approximate surface area is 128 Å². The summed E-state index contributed by atoms with van der Waals surface area (Å²) in [6, 6.07) is 6.06. The zero-order valence-electron chi connectivity index (χ0n) is 11.8. The van der Waals surface area contributed by atoms with Gasteiger partial charge in [0.1, 0.15) is 16.9 Å². The number of halogens is 1. The van der Waals surface area contributed by atoms with Crippen molar-refractivity contribution in [2.45, 2.75) is 19.8 Å². The molecular weight excluding hydrogens is 288 g/mol. The van der Waals surface area contributed by atoms with Crippen LogP contribution in [0.3, 0.4) is 0 Å². The molecule has 112 valence electrons. The Hall–Kier alpha value is -2.05. The summed E-state index contributed by atoms with van der Waals surface area (Å²) in [5.41, 5.74) is 15.1. The van der Waals surface area contributed by atoms with Gasteiger partial charge in [-0.05, 0) is 31.9 Å². The fourth-order valence-corrected chi connectivity index (χ4v) is 2.56. The van der Waals surface area contributed by atoms with Gasteiger partial charge in [-0.25, -0.2) is 14.6 Å². The SMILES string of the molecule is Cc1nc2c(N)nc3c(CCCN)cccc3c2n1N.Cl. The number of nitrogen functional groups attached to an aromatic ring is 2. The van der Waals surface area contributed by atoms with Crippen molar-refractivity contribution in [1.29, 1.82) is 0 Å². The average molecular weight is 307 g/mol. The number of para-hydroxylation sites is 1. The highest BCUT2D eigenvalue weighted by Gasteiger charge is 2.15. The fraction of sp³-hybridized carbons (Fsp3) is 0.286. The highest BCUT2D eigenvalue weighted by Crippen LogP contribution is 2.29. The smallest absolute Gasteiger partial charge is 0.152 e. The standard InChI is InChI=1S/C14H18N6.ClH/c1-8-18-12-13(20(8)17)10-6-2-4-9(5-3-7-15)11(10)19-14(12)16;/h2,4,6H,3,5,7,15,17H2,1H3,(H2,16,19);1H. The topological polar surface area (TPSA) is 109 Å². The van der Waals surface area contributed by atoms with Gasteiger partial charge in [0.05, 0.1) is 5.52 Å². The van der Waals surface area contributed by atoms with Crippen molar-refractivity contribution in [3.63, 3.8) is 0 Å². The highest BCUT2D eigenvalue weighted by molar-refractivity contribution is 6.07. The molecule has 0 unspecified atom stereocenters. The first-order valence-corrected chi connectivity index (χ1v) is 6.64. The van der Waals surface area contributed by atoms with E-state index in [1.54, 1.807) is 4.68 Å². The molecule has 6 N–H and O–H groups in total. The van der Waals surface area contributed by atoms with Crippen LogP contribution < -0.4 is 17.3 Å². The summed E-state index contributed by atoms with van der Waals surface area (Å²) < 4.78 is 1.57. The first kappa shape index (κ1) is 15.3. The molecule has 0 spiro atoms. The molecule has 21 heavy (non-hydrogen) atoms. The number of hydrogen-bond acceptors (Lipinski definition) is 5. The zero-order chi connectivity index (χ0) is 14.3. The molecular formula is C14H19ClN6. The molecule has 0 bridgehead atoms.